The highest BCUT2D eigenvalue weighted by Crippen LogP contribution is 2.16. The summed E-state index contributed by atoms with van der Waals surface area (Å²) in [5, 5.41) is 4.19. The molecule has 21 heavy (non-hydrogen) atoms. The van der Waals surface area contributed by atoms with Gasteiger partial charge in [0.1, 0.15) is 12.4 Å². The van der Waals surface area contributed by atoms with Gasteiger partial charge in [0.25, 0.3) is 0 Å². The smallest absolute Gasteiger partial charge is 0.157 e. The molecule has 1 fully saturated rings. The summed E-state index contributed by atoms with van der Waals surface area (Å²) in [4.78, 5) is 0. The molecule has 0 bridgehead atoms. The number of hydrogen-bond acceptors (Lipinski definition) is 4. The van der Waals surface area contributed by atoms with Gasteiger partial charge in [0.15, 0.2) is 6.29 Å². The van der Waals surface area contributed by atoms with E-state index in [-0.39, 0.29) is 6.29 Å². The van der Waals surface area contributed by atoms with Gasteiger partial charge in [0, 0.05) is 19.0 Å². The van der Waals surface area contributed by atoms with Gasteiger partial charge in [-0.25, -0.2) is 4.68 Å². The summed E-state index contributed by atoms with van der Waals surface area (Å²) in [6.07, 6.45) is 6.92. The fourth-order valence-electron chi connectivity index (χ4n) is 2.30. The Kier molecular flexibility index (Phi) is 4.86. The lowest BCUT2D eigenvalue weighted by Crippen LogP contribution is -2.24. The van der Waals surface area contributed by atoms with E-state index in [9.17, 15) is 0 Å². The highest BCUT2D eigenvalue weighted by atomic mass is 16.7. The van der Waals surface area contributed by atoms with Crippen LogP contribution in [0.4, 0.5) is 0 Å². The van der Waals surface area contributed by atoms with Gasteiger partial charge in [-0.15, -0.1) is 0 Å². The molecule has 0 saturated carbocycles. The molecule has 0 N–H and O–H groups in total. The van der Waals surface area contributed by atoms with Crippen molar-refractivity contribution in [1.82, 2.24) is 9.78 Å². The topological polar surface area (TPSA) is 45.5 Å². The number of rotatable bonds is 6. The average molecular weight is 288 g/mol. The maximum absolute atomic E-state index is 5.66. The predicted octanol–water partition coefficient (Wildman–Crippen LogP) is 2.79. The molecule has 1 aliphatic rings. The Hall–Kier alpha value is -1.85. The Bertz CT molecular complexity index is 519. The molecular weight excluding hydrogens is 268 g/mol. The van der Waals surface area contributed by atoms with Gasteiger partial charge in [-0.3, -0.25) is 0 Å². The van der Waals surface area contributed by atoms with Crippen molar-refractivity contribution >= 4 is 0 Å². The van der Waals surface area contributed by atoms with Crippen LogP contribution in [0.15, 0.2) is 42.7 Å². The summed E-state index contributed by atoms with van der Waals surface area (Å²) in [7, 11) is 0. The van der Waals surface area contributed by atoms with E-state index in [1.807, 2.05) is 41.2 Å². The van der Waals surface area contributed by atoms with E-state index in [1.54, 1.807) is 6.20 Å². The predicted molar refractivity (Wildman–Crippen MR) is 78.6 cm³/mol. The zero-order valence-electron chi connectivity index (χ0n) is 12.0. The summed E-state index contributed by atoms with van der Waals surface area (Å²) < 4.78 is 18.6. The highest BCUT2D eigenvalue weighted by molar-refractivity contribution is 5.36. The van der Waals surface area contributed by atoms with Crippen LogP contribution in [-0.4, -0.2) is 35.9 Å². The first-order valence-electron chi connectivity index (χ1n) is 7.38. The van der Waals surface area contributed by atoms with Gasteiger partial charge in [-0.1, -0.05) is 0 Å². The van der Waals surface area contributed by atoms with Gasteiger partial charge in [0.2, 0.25) is 0 Å². The quantitative estimate of drug-likeness (QED) is 0.767. The third-order valence-electron chi connectivity index (χ3n) is 3.40. The van der Waals surface area contributed by atoms with Gasteiger partial charge >= 0.3 is 0 Å². The summed E-state index contributed by atoms with van der Waals surface area (Å²) in [6, 6.07) is 9.73. The minimum atomic E-state index is -0.0514. The van der Waals surface area contributed by atoms with Crippen molar-refractivity contribution in [1.29, 1.82) is 0 Å². The van der Waals surface area contributed by atoms with Crippen LogP contribution in [0, 0.1) is 0 Å². The zero-order valence-corrected chi connectivity index (χ0v) is 12.0. The molecule has 112 valence electrons. The van der Waals surface area contributed by atoms with Gasteiger partial charge in [0.05, 0.1) is 12.3 Å². The molecule has 5 heteroatoms. The van der Waals surface area contributed by atoms with E-state index in [2.05, 4.69) is 5.10 Å². The van der Waals surface area contributed by atoms with Crippen LogP contribution >= 0.6 is 0 Å². The summed E-state index contributed by atoms with van der Waals surface area (Å²) >= 11 is 0. The van der Waals surface area contributed by atoms with Crippen molar-refractivity contribution in [2.24, 2.45) is 0 Å². The lowest BCUT2D eigenvalue weighted by atomic mass is 10.2. The first-order chi connectivity index (χ1) is 10.4. The molecule has 1 aromatic heterocycles. The van der Waals surface area contributed by atoms with Crippen molar-refractivity contribution in [3.63, 3.8) is 0 Å². The fraction of sp³-hybridized carbons (Fsp3) is 0.438. The number of benzene rings is 1. The molecule has 1 aliphatic heterocycles. The fourth-order valence-corrected chi connectivity index (χ4v) is 2.30. The van der Waals surface area contributed by atoms with Gasteiger partial charge in [-0.05, 0) is 49.6 Å². The third-order valence-corrected chi connectivity index (χ3v) is 3.40. The normalized spacial score (nSPS) is 18.6. The van der Waals surface area contributed by atoms with Crippen molar-refractivity contribution in [3.05, 3.63) is 42.7 Å². The van der Waals surface area contributed by atoms with E-state index in [4.69, 9.17) is 14.2 Å². The van der Waals surface area contributed by atoms with Crippen LogP contribution in [0.5, 0.6) is 5.75 Å². The minimum Gasteiger partial charge on any atom is -0.491 e. The van der Waals surface area contributed by atoms with Crippen molar-refractivity contribution in [3.8, 4) is 11.4 Å². The molecule has 0 spiro atoms. The molecular formula is C16H20N2O3. The highest BCUT2D eigenvalue weighted by Gasteiger charge is 2.13. The molecule has 0 amide bonds. The Morgan fingerprint density at radius 3 is 2.81 bits per heavy atom. The van der Waals surface area contributed by atoms with Crippen molar-refractivity contribution < 1.29 is 14.2 Å². The molecule has 0 aliphatic carbocycles. The van der Waals surface area contributed by atoms with Crippen LogP contribution in [0.25, 0.3) is 5.69 Å². The monoisotopic (exact) mass is 288 g/mol. The Labute approximate surface area is 124 Å². The third kappa shape index (κ3) is 4.06. The SMILES string of the molecule is c1cnn(-c2ccc(OCCO[C@@H]3CCCCO3)cc2)c1. The van der Waals surface area contributed by atoms with E-state index in [0.717, 1.165) is 30.9 Å². The second-order valence-corrected chi connectivity index (χ2v) is 4.96. The van der Waals surface area contributed by atoms with E-state index in [1.165, 1.54) is 6.42 Å². The molecule has 1 saturated heterocycles. The Morgan fingerprint density at radius 1 is 1.19 bits per heavy atom. The van der Waals surface area contributed by atoms with Crippen LogP contribution < -0.4 is 4.74 Å². The molecule has 0 radical (unpaired) electrons. The maximum atomic E-state index is 5.66. The van der Waals surface area contributed by atoms with Gasteiger partial charge < -0.3 is 14.2 Å². The van der Waals surface area contributed by atoms with E-state index < -0.39 is 0 Å². The van der Waals surface area contributed by atoms with E-state index in [0.29, 0.717) is 13.2 Å². The van der Waals surface area contributed by atoms with Crippen molar-refractivity contribution in [2.45, 2.75) is 25.6 Å². The molecule has 2 heterocycles. The first-order valence-corrected chi connectivity index (χ1v) is 7.38. The molecule has 0 unspecified atom stereocenters. The number of aromatic nitrogens is 2. The summed E-state index contributed by atoms with van der Waals surface area (Å²) in [5.41, 5.74) is 1.01. The Morgan fingerprint density at radius 2 is 2.10 bits per heavy atom. The minimum absolute atomic E-state index is 0.0514. The number of hydrogen-bond donors (Lipinski definition) is 0. The van der Waals surface area contributed by atoms with Crippen LogP contribution in [-0.2, 0) is 9.47 Å². The molecule has 3 rings (SSSR count). The van der Waals surface area contributed by atoms with Crippen LogP contribution in [0.2, 0.25) is 0 Å². The Balaban J connectivity index is 1.41. The lowest BCUT2D eigenvalue weighted by Gasteiger charge is -2.22. The lowest BCUT2D eigenvalue weighted by molar-refractivity contribution is -0.165. The van der Waals surface area contributed by atoms with Crippen LogP contribution in [0.3, 0.4) is 0 Å². The van der Waals surface area contributed by atoms with Crippen LogP contribution in [0.1, 0.15) is 19.3 Å². The number of nitrogens with zero attached hydrogens (tertiary/aromatic N) is 2. The molecule has 1 aromatic carbocycles. The zero-order chi connectivity index (χ0) is 14.3. The second-order valence-electron chi connectivity index (χ2n) is 4.96. The molecule has 1 atom stereocenters. The van der Waals surface area contributed by atoms with E-state index >= 15 is 0 Å². The van der Waals surface area contributed by atoms with Gasteiger partial charge in [-0.2, -0.15) is 5.10 Å². The first kappa shape index (κ1) is 14.1. The average Bonchev–Trinajstić information content (AvgIpc) is 3.08. The maximum Gasteiger partial charge on any atom is 0.157 e. The standard InChI is InChI=1S/C16H20N2O3/c1-2-11-20-16(4-1)21-13-12-19-15-7-5-14(6-8-15)18-10-3-9-17-18/h3,5-10,16H,1-2,4,11-13H2/t16-/m1/s1. The number of ether oxygens (including phenoxy) is 3. The summed E-state index contributed by atoms with van der Waals surface area (Å²) in [5.74, 6) is 0.832. The second kappa shape index (κ2) is 7.24. The summed E-state index contributed by atoms with van der Waals surface area (Å²) in [6.45, 7) is 1.88. The molecule has 2 aromatic rings. The molecule has 5 nitrogen and oxygen atoms in total. The van der Waals surface area contributed by atoms with Crippen molar-refractivity contribution in [2.75, 3.05) is 19.8 Å². The largest absolute Gasteiger partial charge is 0.491 e.